The van der Waals surface area contributed by atoms with E-state index in [-0.39, 0.29) is 5.41 Å². The summed E-state index contributed by atoms with van der Waals surface area (Å²) in [5, 5.41) is 0. The van der Waals surface area contributed by atoms with E-state index in [9.17, 15) is 8.42 Å². The second kappa shape index (κ2) is 7.07. The van der Waals surface area contributed by atoms with Crippen LogP contribution in [-0.4, -0.2) is 27.1 Å². The zero-order chi connectivity index (χ0) is 16.1. The van der Waals surface area contributed by atoms with Crippen molar-refractivity contribution < 1.29 is 8.42 Å². The molecule has 0 heterocycles. The average molecular weight is 310 g/mol. The van der Waals surface area contributed by atoms with Crippen molar-refractivity contribution in [1.29, 1.82) is 0 Å². The molecule has 0 aromatic heterocycles. The molecule has 0 aliphatic rings. The van der Waals surface area contributed by atoms with Crippen LogP contribution in [0.5, 0.6) is 0 Å². The Morgan fingerprint density at radius 3 is 2.24 bits per heavy atom. The molecule has 0 fully saturated rings. The summed E-state index contributed by atoms with van der Waals surface area (Å²) in [6.45, 7) is 8.89. The van der Waals surface area contributed by atoms with Crippen LogP contribution in [0.2, 0.25) is 0 Å². The fourth-order valence-electron chi connectivity index (χ4n) is 2.00. The first-order chi connectivity index (χ1) is 9.58. The van der Waals surface area contributed by atoms with Crippen molar-refractivity contribution in [3.8, 4) is 0 Å². The molecule has 0 saturated carbocycles. The number of benzene rings is 1. The fourth-order valence-corrected chi connectivity index (χ4v) is 2.60. The highest BCUT2D eigenvalue weighted by atomic mass is 32.2. The molecule has 0 atom stereocenters. The predicted octanol–water partition coefficient (Wildman–Crippen LogP) is 2.88. The number of hydrogen-bond acceptors (Lipinski definition) is 3. The zero-order valence-corrected chi connectivity index (χ0v) is 14.4. The first-order valence-electron chi connectivity index (χ1n) is 7.16. The van der Waals surface area contributed by atoms with E-state index in [0.29, 0.717) is 12.4 Å². The summed E-state index contributed by atoms with van der Waals surface area (Å²) in [5.74, 6) is 0.445. The number of rotatable bonds is 5. The highest BCUT2D eigenvalue weighted by Gasteiger charge is 2.12. The van der Waals surface area contributed by atoms with E-state index in [4.69, 9.17) is 0 Å². The van der Waals surface area contributed by atoms with E-state index in [0.717, 1.165) is 19.1 Å². The second-order valence-corrected chi connectivity index (χ2v) is 8.14. The van der Waals surface area contributed by atoms with Gasteiger partial charge >= 0.3 is 0 Å². The van der Waals surface area contributed by atoms with Crippen LogP contribution in [0.15, 0.2) is 29.3 Å². The van der Waals surface area contributed by atoms with Crippen LogP contribution in [0.3, 0.4) is 0 Å². The Hall–Kier alpha value is -1.36. The van der Waals surface area contributed by atoms with E-state index < -0.39 is 10.0 Å². The van der Waals surface area contributed by atoms with Gasteiger partial charge in [0.15, 0.2) is 0 Å². The van der Waals surface area contributed by atoms with Crippen LogP contribution in [0.1, 0.15) is 45.2 Å². The van der Waals surface area contributed by atoms with Crippen LogP contribution < -0.4 is 4.72 Å². The maximum Gasteiger partial charge on any atom is 0.230 e. The molecule has 0 saturated heterocycles. The Morgan fingerprint density at radius 2 is 1.76 bits per heavy atom. The van der Waals surface area contributed by atoms with E-state index in [1.165, 1.54) is 11.1 Å². The molecule has 21 heavy (non-hydrogen) atoms. The van der Waals surface area contributed by atoms with Gasteiger partial charge in [-0.05, 0) is 36.3 Å². The van der Waals surface area contributed by atoms with Gasteiger partial charge in [0.2, 0.25) is 10.0 Å². The molecule has 0 spiro atoms. The van der Waals surface area contributed by atoms with E-state index in [1.54, 1.807) is 6.92 Å². The normalized spacial score (nSPS) is 13.3. The molecule has 1 rings (SSSR count). The summed E-state index contributed by atoms with van der Waals surface area (Å²) >= 11 is 0. The van der Waals surface area contributed by atoms with Gasteiger partial charge in [-0.1, -0.05) is 45.0 Å². The van der Waals surface area contributed by atoms with Gasteiger partial charge in [0.25, 0.3) is 0 Å². The first-order valence-corrected chi connectivity index (χ1v) is 9.05. The standard InChI is InChI=1S/C16H26N2O2S/c1-13(18-21(5,19)20)17-12-6-7-14-8-10-15(11-9-14)16(2,3)4/h8-11H,6-7,12H2,1-5H3,(H,17,18). The minimum absolute atomic E-state index is 0.178. The Morgan fingerprint density at radius 1 is 1.19 bits per heavy atom. The summed E-state index contributed by atoms with van der Waals surface area (Å²) in [7, 11) is -3.21. The van der Waals surface area contributed by atoms with Crippen LogP contribution in [-0.2, 0) is 21.9 Å². The minimum atomic E-state index is -3.21. The van der Waals surface area contributed by atoms with Gasteiger partial charge in [-0.25, -0.2) is 8.42 Å². The van der Waals surface area contributed by atoms with Gasteiger partial charge in [0.05, 0.1) is 6.26 Å². The lowest BCUT2D eigenvalue weighted by Gasteiger charge is -2.19. The number of hydrogen-bond donors (Lipinski definition) is 1. The maximum atomic E-state index is 11.0. The summed E-state index contributed by atoms with van der Waals surface area (Å²) in [6.07, 6.45) is 2.97. The van der Waals surface area contributed by atoms with E-state index in [1.807, 2.05) is 0 Å². The molecular formula is C16H26N2O2S. The van der Waals surface area contributed by atoms with Gasteiger partial charge in [-0.15, -0.1) is 0 Å². The number of nitrogens with one attached hydrogen (secondary N) is 1. The summed E-state index contributed by atoms with van der Waals surface area (Å²) in [6, 6.07) is 8.67. The van der Waals surface area contributed by atoms with Gasteiger partial charge in [0, 0.05) is 6.54 Å². The summed E-state index contributed by atoms with van der Waals surface area (Å²) < 4.78 is 24.4. The predicted molar refractivity (Wildman–Crippen MR) is 89.4 cm³/mol. The van der Waals surface area contributed by atoms with Crippen molar-refractivity contribution in [3.63, 3.8) is 0 Å². The van der Waals surface area contributed by atoms with Gasteiger partial charge in [0.1, 0.15) is 5.84 Å². The molecule has 4 nitrogen and oxygen atoms in total. The first kappa shape index (κ1) is 17.7. The molecule has 5 heteroatoms. The van der Waals surface area contributed by atoms with E-state index >= 15 is 0 Å². The molecular weight excluding hydrogens is 284 g/mol. The fraction of sp³-hybridized carbons (Fsp3) is 0.562. The van der Waals surface area contributed by atoms with Crippen LogP contribution >= 0.6 is 0 Å². The SMILES string of the molecule is CC(=NCCCc1ccc(C(C)(C)C)cc1)NS(C)(=O)=O. The van der Waals surface area contributed by atoms with Crippen LogP contribution in [0.4, 0.5) is 0 Å². The largest absolute Gasteiger partial charge is 0.272 e. The molecule has 0 unspecified atom stereocenters. The lowest BCUT2D eigenvalue weighted by molar-refractivity contribution is 0.590. The third-order valence-electron chi connectivity index (χ3n) is 3.13. The molecule has 1 N–H and O–H groups in total. The van der Waals surface area contributed by atoms with Gasteiger partial charge < -0.3 is 0 Å². The number of aliphatic imine (C=N–C) groups is 1. The molecule has 0 aliphatic carbocycles. The molecule has 0 amide bonds. The monoisotopic (exact) mass is 310 g/mol. The third kappa shape index (κ3) is 7.27. The molecule has 0 radical (unpaired) electrons. The second-order valence-electron chi connectivity index (χ2n) is 6.39. The van der Waals surface area contributed by atoms with Crippen LogP contribution in [0, 0.1) is 0 Å². The molecule has 1 aromatic rings. The number of amidine groups is 1. The van der Waals surface area contributed by atoms with Crippen molar-refractivity contribution >= 4 is 15.9 Å². The Kier molecular flexibility index (Phi) is 5.96. The average Bonchev–Trinajstić information content (AvgIpc) is 2.32. The number of nitrogens with zero attached hydrogens (tertiary/aromatic N) is 1. The number of sulfonamides is 1. The lowest BCUT2D eigenvalue weighted by atomic mass is 9.86. The Bertz CT molecular complexity index is 582. The molecule has 118 valence electrons. The topological polar surface area (TPSA) is 58.5 Å². The lowest BCUT2D eigenvalue weighted by Crippen LogP contribution is -2.27. The Labute approximate surface area is 128 Å². The minimum Gasteiger partial charge on any atom is -0.272 e. The van der Waals surface area contributed by atoms with Crippen molar-refractivity contribution in [2.75, 3.05) is 12.8 Å². The number of aryl methyl sites for hydroxylation is 1. The molecule has 0 bridgehead atoms. The Balaban J connectivity index is 2.45. The molecule has 1 aromatic carbocycles. The van der Waals surface area contributed by atoms with Crippen molar-refractivity contribution in [1.82, 2.24) is 4.72 Å². The smallest absolute Gasteiger partial charge is 0.230 e. The third-order valence-corrected chi connectivity index (χ3v) is 3.79. The maximum absolute atomic E-state index is 11.0. The van der Waals surface area contributed by atoms with Gasteiger partial charge in [-0.3, -0.25) is 9.71 Å². The highest BCUT2D eigenvalue weighted by Crippen LogP contribution is 2.22. The quantitative estimate of drug-likeness (QED) is 0.516. The van der Waals surface area contributed by atoms with Gasteiger partial charge in [-0.2, -0.15) is 0 Å². The summed E-state index contributed by atoms with van der Waals surface area (Å²) in [4.78, 5) is 4.21. The van der Waals surface area contributed by atoms with Crippen molar-refractivity contribution in [2.45, 2.75) is 46.0 Å². The van der Waals surface area contributed by atoms with Crippen molar-refractivity contribution in [3.05, 3.63) is 35.4 Å². The molecule has 0 aliphatic heterocycles. The van der Waals surface area contributed by atoms with Crippen molar-refractivity contribution in [2.24, 2.45) is 4.99 Å². The van der Waals surface area contributed by atoms with Crippen LogP contribution in [0.25, 0.3) is 0 Å². The highest BCUT2D eigenvalue weighted by molar-refractivity contribution is 7.89. The van der Waals surface area contributed by atoms with E-state index in [2.05, 4.69) is 54.8 Å². The summed E-state index contributed by atoms with van der Waals surface area (Å²) in [5.41, 5.74) is 2.79. The zero-order valence-electron chi connectivity index (χ0n) is 13.6.